The lowest BCUT2D eigenvalue weighted by atomic mass is 9.67. The molecular formula is C75H44N6. The lowest BCUT2D eigenvalue weighted by Crippen LogP contribution is -2.28. The summed E-state index contributed by atoms with van der Waals surface area (Å²) in [6.45, 7) is 0. The molecule has 374 valence electrons. The summed E-state index contributed by atoms with van der Waals surface area (Å²) in [6, 6.07) is 101. The molecule has 81 heavy (non-hydrogen) atoms. The molecule has 1 aliphatic rings. The van der Waals surface area contributed by atoms with Crippen LogP contribution in [0.25, 0.3) is 121 Å². The van der Waals surface area contributed by atoms with Crippen LogP contribution in [0.2, 0.25) is 0 Å². The third-order valence-corrected chi connectivity index (χ3v) is 17.5. The molecule has 0 aliphatic heterocycles. The topological polar surface area (TPSA) is 67.3 Å². The second-order valence-corrected chi connectivity index (χ2v) is 21.3. The number of para-hydroxylation sites is 7. The molecule has 0 spiro atoms. The van der Waals surface area contributed by atoms with Gasteiger partial charge in [0.05, 0.1) is 83.4 Å². The second-order valence-electron chi connectivity index (χ2n) is 21.3. The lowest BCUT2D eigenvalue weighted by molar-refractivity contribution is 0.769. The fourth-order valence-electron chi connectivity index (χ4n) is 14.4. The van der Waals surface area contributed by atoms with Crippen LogP contribution in [0.5, 0.6) is 0 Å². The monoisotopic (exact) mass is 1030 g/mol. The van der Waals surface area contributed by atoms with Crippen molar-refractivity contribution in [3.63, 3.8) is 0 Å². The first-order valence-corrected chi connectivity index (χ1v) is 27.5. The molecule has 0 N–H and O–H groups in total. The minimum Gasteiger partial charge on any atom is -0.306 e. The Labute approximate surface area is 465 Å². The maximum absolute atomic E-state index is 12.5. The number of fused-ring (bicyclic) bond motifs is 15. The van der Waals surface area contributed by atoms with Crippen LogP contribution in [0, 0.1) is 22.7 Å². The van der Waals surface area contributed by atoms with E-state index >= 15 is 0 Å². The van der Waals surface area contributed by atoms with Crippen LogP contribution in [-0.2, 0) is 5.41 Å². The number of nitriles is 2. The fourth-order valence-corrected chi connectivity index (χ4v) is 14.4. The van der Waals surface area contributed by atoms with E-state index in [1.807, 2.05) is 0 Å². The molecule has 17 rings (SSSR count). The number of hydrogen-bond donors (Lipinski definition) is 0. The highest BCUT2D eigenvalue weighted by molar-refractivity contribution is 6.17. The number of benzene rings is 12. The van der Waals surface area contributed by atoms with Gasteiger partial charge in [-0.25, -0.2) is 0 Å². The standard InChI is InChI=1S/C75H44N6/c76-45-59-60(46-77)72(81-69-42-22-14-34-56(69)58-43-57-49-27-7-15-35-61(49)75(62(57)44-70(58)81,47-23-3-1-4-24-47)48-25-5-2-6-26-48)74(80-67-40-20-12-32-54(67)55-33-13-21-41-68(55)80)73(79-65-38-18-10-30-52(65)53-31-11-19-39-66(53)79)71(59)78-63-36-16-8-28-50(63)51-29-9-17-37-64(51)78/h1-44H. The molecule has 16 aromatic rings. The average Bonchev–Trinajstić information content (AvgIpc) is 4.45. The normalized spacial score (nSPS) is 12.8. The molecule has 0 saturated carbocycles. The van der Waals surface area contributed by atoms with Gasteiger partial charge in [0.25, 0.3) is 0 Å². The van der Waals surface area contributed by atoms with Crippen LogP contribution < -0.4 is 0 Å². The third kappa shape index (κ3) is 5.87. The van der Waals surface area contributed by atoms with Crippen LogP contribution in [0.4, 0.5) is 0 Å². The average molecular weight is 1030 g/mol. The summed E-state index contributed by atoms with van der Waals surface area (Å²) in [6.07, 6.45) is 0. The van der Waals surface area contributed by atoms with Crippen LogP contribution in [0.15, 0.2) is 267 Å². The highest BCUT2D eigenvalue weighted by Crippen LogP contribution is 2.58. The van der Waals surface area contributed by atoms with Gasteiger partial charge in [-0.15, -0.1) is 0 Å². The Morgan fingerprint density at radius 1 is 0.247 bits per heavy atom. The molecule has 0 atom stereocenters. The van der Waals surface area contributed by atoms with E-state index in [4.69, 9.17) is 0 Å². The molecule has 6 heteroatoms. The van der Waals surface area contributed by atoms with E-state index in [1.165, 1.54) is 11.1 Å². The molecule has 0 bridgehead atoms. The predicted molar refractivity (Wildman–Crippen MR) is 331 cm³/mol. The summed E-state index contributed by atoms with van der Waals surface area (Å²) in [5.41, 5.74) is 17.1. The van der Waals surface area contributed by atoms with Gasteiger partial charge in [0.2, 0.25) is 0 Å². The van der Waals surface area contributed by atoms with E-state index in [0.717, 1.165) is 121 Å². The number of hydrogen-bond acceptors (Lipinski definition) is 2. The van der Waals surface area contributed by atoms with Crippen LogP contribution in [0.3, 0.4) is 0 Å². The van der Waals surface area contributed by atoms with Crippen LogP contribution >= 0.6 is 0 Å². The molecule has 0 radical (unpaired) electrons. The lowest BCUT2D eigenvalue weighted by Gasteiger charge is -2.34. The molecule has 6 nitrogen and oxygen atoms in total. The smallest absolute Gasteiger partial charge is 0.103 e. The van der Waals surface area contributed by atoms with Crippen molar-refractivity contribution < 1.29 is 0 Å². The first kappa shape index (κ1) is 44.9. The highest BCUT2D eigenvalue weighted by atomic mass is 15.1. The summed E-state index contributed by atoms with van der Waals surface area (Å²) >= 11 is 0. The number of rotatable bonds is 6. The molecule has 4 heterocycles. The van der Waals surface area contributed by atoms with Gasteiger partial charge >= 0.3 is 0 Å². The Morgan fingerprint density at radius 3 is 0.914 bits per heavy atom. The maximum atomic E-state index is 12.5. The summed E-state index contributed by atoms with van der Waals surface area (Å²) in [4.78, 5) is 0. The van der Waals surface area contributed by atoms with Crippen molar-refractivity contribution in [1.29, 1.82) is 10.5 Å². The zero-order valence-electron chi connectivity index (χ0n) is 43.6. The SMILES string of the molecule is N#Cc1c(C#N)c(-n2c3ccccc3c3cc4c(cc32)C(c2ccccc2)(c2ccccc2)c2ccccc2-4)c(-n2c3ccccc3c3ccccc32)c(-n2c3ccccc3c3ccccc32)c1-n1c2ccccc2c2ccccc21. The van der Waals surface area contributed by atoms with Crippen molar-refractivity contribution >= 4 is 87.2 Å². The van der Waals surface area contributed by atoms with Gasteiger partial charge in [-0.1, -0.05) is 212 Å². The highest BCUT2D eigenvalue weighted by Gasteiger charge is 2.47. The fraction of sp³-hybridized carbons (Fsp3) is 0.0133. The maximum Gasteiger partial charge on any atom is 0.103 e. The van der Waals surface area contributed by atoms with Crippen molar-refractivity contribution in [2.75, 3.05) is 0 Å². The molecule has 1 aliphatic carbocycles. The minimum atomic E-state index is -0.718. The molecular weight excluding hydrogens is 985 g/mol. The summed E-state index contributed by atoms with van der Waals surface area (Å²) < 4.78 is 9.36. The van der Waals surface area contributed by atoms with E-state index in [0.29, 0.717) is 11.4 Å². The van der Waals surface area contributed by atoms with Gasteiger partial charge in [-0.2, -0.15) is 10.5 Å². The Kier molecular flexibility index (Phi) is 9.37. The van der Waals surface area contributed by atoms with Gasteiger partial charge in [-0.05, 0) is 88.0 Å². The minimum absolute atomic E-state index is 0.263. The van der Waals surface area contributed by atoms with Crippen LogP contribution in [0.1, 0.15) is 33.4 Å². The van der Waals surface area contributed by atoms with E-state index < -0.39 is 5.41 Å². The molecule has 0 saturated heterocycles. The Balaban J connectivity index is 1.16. The largest absolute Gasteiger partial charge is 0.306 e. The van der Waals surface area contributed by atoms with Gasteiger partial charge in [0, 0.05) is 43.1 Å². The van der Waals surface area contributed by atoms with E-state index in [9.17, 15) is 10.5 Å². The van der Waals surface area contributed by atoms with Crippen molar-refractivity contribution in [3.05, 3.63) is 300 Å². The summed E-state index contributed by atoms with van der Waals surface area (Å²) in [5, 5.41) is 33.4. The van der Waals surface area contributed by atoms with Crippen molar-refractivity contribution in [2.24, 2.45) is 0 Å². The summed E-state index contributed by atoms with van der Waals surface area (Å²) in [5.74, 6) is 0. The Bertz CT molecular complexity index is 5240. The zero-order valence-corrected chi connectivity index (χ0v) is 43.6. The van der Waals surface area contributed by atoms with Crippen molar-refractivity contribution in [1.82, 2.24) is 18.3 Å². The Hall–Kier alpha value is -11.2. The molecule has 0 unspecified atom stereocenters. The van der Waals surface area contributed by atoms with E-state index in [2.05, 4.69) is 297 Å². The number of nitrogens with zero attached hydrogens (tertiary/aromatic N) is 6. The van der Waals surface area contributed by atoms with E-state index in [1.54, 1.807) is 0 Å². The zero-order chi connectivity index (χ0) is 53.5. The number of aromatic nitrogens is 4. The first-order chi connectivity index (χ1) is 40.2. The predicted octanol–water partition coefficient (Wildman–Crippen LogP) is 18.2. The molecule has 0 amide bonds. The van der Waals surface area contributed by atoms with Crippen LogP contribution in [-0.4, -0.2) is 18.3 Å². The first-order valence-electron chi connectivity index (χ1n) is 27.5. The molecule has 4 aromatic heterocycles. The summed E-state index contributed by atoms with van der Waals surface area (Å²) in [7, 11) is 0. The molecule has 0 fully saturated rings. The van der Waals surface area contributed by atoms with Gasteiger partial charge in [0.15, 0.2) is 0 Å². The quantitative estimate of drug-likeness (QED) is 0.167. The Morgan fingerprint density at radius 2 is 0.543 bits per heavy atom. The van der Waals surface area contributed by atoms with Gasteiger partial charge in [0.1, 0.15) is 12.1 Å². The van der Waals surface area contributed by atoms with E-state index in [-0.39, 0.29) is 11.1 Å². The molecule has 12 aromatic carbocycles. The second kappa shape index (κ2) is 16.9. The van der Waals surface area contributed by atoms with Gasteiger partial charge < -0.3 is 18.3 Å². The van der Waals surface area contributed by atoms with Gasteiger partial charge in [-0.3, -0.25) is 0 Å². The van der Waals surface area contributed by atoms with Crippen molar-refractivity contribution in [3.8, 4) is 46.0 Å². The van der Waals surface area contributed by atoms with Crippen molar-refractivity contribution in [2.45, 2.75) is 5.41 Å². The third-order valence-electron chi connectivity index (χ3n) is 17.5.